The molecule has 1 atom stereocenters. The summed E-state index contributed by atoms with van der Waals surface area (Å²) in [5, 5.41) is 4.52. The van der Waals surface area contributed by atoms with Gasteiger partial charge in [0.2, 0.25) is 0 Å². The van der Waals surface area contributed by atoms with Crippen molar-refractivity contribution < 1.29 is 23.1 Å². The van der Waals surface area contributed by atoms with Crippen molar-refractivity contribution in [1.29, 1.82) is 0 Å². The lowest BCUT2D eigenvalue weighted by Crippen LogP contribution is -2.30. The first-order chi connectivity index (χ1) is 13.7. The zero-order chi connectivity index (χ0) is 21.7. The second-order valence-electron chi connectivity index (χ2n) is 6.39. The predicted molar refractivity (Wildman–Crippen MR) is 110 cm³/mol. The Bertz CT molecular complexity index is 915. The predicted octanol–water partition coefficient (Wildman–Crippen LogP) is 2.41. The number of carbonyl (C=O) groups is 2. The molecule has 1 N–H and O–H groups in total. The van der Waals surface area contributed by atoms with Gasteiger partial charge < -0.3 is 9.64 Å². The van der Waals surface area contributed by atoms with Crippen LogP contribution in [0.3, 0.4) is 0 Å². The average Bonchev–Trinajstić information content (AvgIpc) is 3.11. The van der Waals surface area contributed by atoms with Gasteiger partial charge >= 0.3 is 12.0 Å². The van der Waals surface area contributed by atoms with Crippen LogP contribution in [0.1, 0.15) is 35.9 Å². The van der Waals surface area contributed by atoms with E-state index in [0.717, 1.165) is 20.7 Å². The van der Waals surface area contributed by atoms with E-state index < -0.39 is 23.3 Å². The van der Waals surface area contributed by atoms with Gasteiger partial charge in [-0.2, -0.15) is 4.68 Å². The Labute approximate surface area is 175 Å². The van der Waals surface area contributed by atoms with Crippen molar-refractivity contribution in [1.82, 2.24) is 19.7 Å². The molecule has 0 spiro atoms. The molecule has 1 heterocycles. The maximum atomic E-state index is 12.4. The van der Waals surface area contributed by atoms with Crippen LogP contribution in [0.2, 0.25) is 0 Å². The van der Waals surface area contributed by atoms with E-state index in [4.69, 9.17) is 4.74 Å². The molecule has 0 aliphatic carbocycles. The van der Waals surface area contributed by atoms with Gasteiger partial charge in [-0.3, -0.25) is 8.86 Å². The molecule has 29 heavy (non-hydrogen) atoms. The topological polar surface area (TPSA) is 118 Å². The summed E-state index contributed by atoms with van der Waals surface area (Å²) >= 11 is -1.38. The van der Waals surface area contributed by atoms with Gasteiger partial charge in [0.05, 0.1) is 24.2 Å². The van der Waals surface area contributed by atoms with Crippen LogP contribution < -0.4 is 4.31 Å². The minimum atomic E-state index is -2.43. The molecule has 0 aliphatic rings. The molecule has 0 saturated heterocycles. The lowest BCUT2D eigenvalue weighted by molar-refractivity contribution is 0.0601. The van der Waals surface area contributed by atoms with Crippen LogP contribution in [0.5, 0.6) is 0 Å². The number of para-hydroxylation sites is 1. The Kier molecular flexibility index (Phi) is 7.76. The van der Waals surface area contributed by atoms with Crippen molar-refractivity contribution in [3.05, 3.63) is 35.7 Å². The lowest BCUT2D eigenvalue weighted by atomic mass is 10.2. The van der Waals surface area contributed by atoms with Gasteiger partial charge in [-0.1, -0.05) is 37.7 Å². The first kappa shape index (κ1) is 22.8. The third-order valence-electron chi connectivity index (χ3n) is 3.75. The van der Waals surface area contributed by atoms with E-state index in [1.165, 1.54) is 24.1 Å². The smallest absolute Gasteiger partial charge is 0.346 e. The first-order valence-electron chi connectivity index (χ1n) is 8.54. The molecule has 2 rings (SSSR count). The normalized spacial score (nSPS) is 12.0. The lowest BCUT2D eigenvalue weighted by Gasteiger charge is -2.21. The molecule has 158 valence electrons. The van der Waals surface area contributed by atoms with Crippen LogP contribution >= 0.6 is 11.8 Å². The number of hydrogen-bond donors (Lipinski definition) is 1. The number of rotatable bonds is 7. The summed E-state index contributed by atoms with van der Waals surface area (Å²) in [6.07, 6.45) is 0. The number of nitrogens with zero attached hydrogens (tertiary/aromatic N) is 5. The summed E-state index contributed by atoms with van der Waals surface area (Å²) in [5.41, 5.74) is 0.369. The Balaban J connectivity index is 2.37. The van der Waals surface area contributed by atoms with Crippen LogP contribution in [0.15, 0.2) is 29.4 Å². The highest BCUT2D eigenvalue weighted by Gasteiger charge is 2.24. The maximum Gasteiger partial charge on any atom is 0.346 e. The molecular formula is C17H23N5O5S2. The molecule has 2 aromatic rings. The second kappa shape index (κ2) is 9.85. The third-order valence-corrected chi connectivity index (χ3v) is 5.53. The highest BCUT2D eigenvalue weighted by atomic mass is 32.2. The van der Waals surface area contributed by atoms with Gasteiger partial charge in [0, 0.05) is 20.0 Å². The van der Waals surface area contributed by atoms with Crippen LogP contribution in [-0.2, 0) is 16.0 Å². The van der Waals surface area contributed by atoms with Crippen molar-refractivity contribution in [2.24, 2.45) is 0 Å². The number of thioether (sulfide) groups is 1. The zero-order valence-electron chi connectivity index (χ0n) is 16.7. The Morgan fingerprint density at radius 1 is 1.31 bits per heavy atom. The summed E-state index contributed by atoms with van der Waals surface area (Å²) < 4.78 is 28.8. The van der Waals surface area contributed by atoms with E-state index in [0.29, 0.717) is 5.82 Å². The summed E-state index contributed by atoms with van der Waals surface area (Å²) in [6, 6.07) is 5.92. The number of methoxy groups -OCH3 is 1. The highest BCUT2D eigenvalue weighted by Crippen LogP contribution is 2.27. The minimum absolute atomic E-state index is 0.00584. The molecule has 1 aromatic carbocycles. The van der Waals surface area contributed by atoms with Crippen LogP contribution in [0.25, 0.3) is 0 Å². The summed E-state index contributed by atoms with van der Waals surface area (Å²) in [7, 11) is 4.42. The Morgan fingerprint density at radius 2 is 1.97 bits per heavy atom. The summed E-state index contributed by atoms with van der Waals surface area (Å²) in [5.74, 6) is -0.217. The number of hydrogen-bond acceptors (Lipinski definition) is 7. The number of carbonyl (C=O) groups excluding carboxylic acids is 2. The quantitative estimate of drug-likeness (QED) is 0.301. The highest BCUT2D eigenvalue weighted by molar-refractivity contribution is 8.00. The van der Waals surface area contributed by atoms with Gasteiger partial charge in [-0.05, 0) is 12.1 Å². The van der Waals surface area contributed by atoms with Crippen LogP contribution in [-0.4, -0.2) is 67.5 Å². The molecule has 0 fully saturated rings. The van der Waals surface area contributed by atoms with E-state index in [-0.39, 0.29) is 28.2 Å². The molecule has 1 aromatic heterocycles. The number of anilines is 1. The molecule has 0 aliphatic heterocycles. The van der Waals surface area contributed by atoms with Gasteiger partial charge in [0.25, 0.3) is 11.3 Å². The van der Waals surface area contributed by atoms with Crippen molar-refractivity contribution in [3.8, 4) is 0 Å². The van der Waals surface area contributed by atoms with E-state index in [2.05, 4.69) is 10.1 Å². The average molecular weight is 442 g/mol. The Hall–Kier alpha value is -2.44. The number of esters is 1. The number of benzene rings is 1. The summed E-state index contributed by atoms with van der Waals surface area (Å²) in [6.45, 7) is 3.80. The fourth-order valence-electron chi connectivity index (χ4n) is 2.25. The van der Waals surface area contributed by atoms with E-state index >= 15 is 0 Å². The monoisotopic (exact) mass is 441 g/mol. The third kappa shape index (κ3) is 5.34. The van der Waals surface area contributed by atoms with E-state index in [9.17, 15) is 18.4 Å². The SMILES string of the molecule is COC(=O)c1ccccc1N(CSc1nc(C(C)C)nn1C(=O)N(C)C)S(=O)O. The molecule has 0 bridgehead atoms. The number of ether oxygens (including phenoxy) is 1. The van der Waals surface area contributed by atoms with Gasteiger partial charge in [-0.15, -0.1) is 5.10 Å². The largest absolute Gasteiger partial charge is 0.465 e. The zero-order valence-corrected chi connectivity index (χ0v) is 18.4. The minimum Gasteiger partial charge on any atom is -0.465 e. The van der Waals surface area contributed by atoms with Gasteiger partial charge in [-0.25, -0.2) is 18.8 Å². The molecular weight excluding hydrogens is 418 g/mol. The van der Waals surface area contributed by atoms with Crippen molar-refractivity contribution >= 4 is 40.7 Å². The molecule has 1 amide bonds. The van der Waals surface area contributed by atoms with Gasteiger partial charge in [0.1, 0.15) is 0 Å². The molecule has 12 heteroatoms. The fraction of sp³-hybridized carbons (Fsp3) is 0.412. The standard InChI is InChI=1S/C17H23N5O5S2/c1-11(2)14-18-16(22(19-14)17(24)20(3)4)28-10-21(29(25)26)13-9-7-6-8-12(13)15(23)27-5/h6-9,11H,10H2,1-5H3,(H,25,26). The number of aromatic nitrogens is 3. The fourth-order valence-corrected chi connectivity index (χ4v) is 3.87. The summed E-state index contributed by atoms with van der Waals surface area (Å²) in [4.78, 5) is 30.2. The molecule has 0 saturated carbocycles. The van der Waals surface area contributed by atoms with Crippen LogP contribution in [0, 0.1) is 0 Å². The maximum absolute atomic E-state index is 12.4. The number of amides is 1. The van der Waals surface area contributed by atoms with Crippen molar-refractivity contribution in [2.75, 3.05) is 31.4 Å². The second-order valence-corrected chi connectivity index (χ2v) is 8.20. The Morgan fingerprint density at radius 3 is 2.52 bits per heavy atom. The molecule has 0 radical (unpaired) electrons. The van der Waals surface area contributed by atoms with Crippen LogP contribution in [0.4, 0.5) is 10.5 Å². The van der Waals surface area contributed by atoms with E-state index in [1.54, 1.807) is 26.2 Å². The van der Waals surface area contributed by atoms with Gasteiger partial charge in [0.15, 0.2) is 11.0 Å². The van der Waals surface area contributed by atoms with E-state index in [1.807, 2.05) is 13.8 Å². The van der Waals surface area contributed by atoms with Crippen molar-refractivity contribution in [3.63, 3.8) is 0 Å². The molecule has 10 nitrogen and oxygen atoms in total. The van der Waals surface area contributed by atoms with Crippen molar-refractivity contribution in [2.45, 2.75) is 24.9 Å². The molecule has 1 unspecified atom stereocenters. The first-order valence-corrected chi connectivity index (χ1v) is 10.6.